The number of hydrogen-bond donors (Lipinski definition) is 1. The van der Waals surface area contributed by atoms with Gasteiger partial charge in [0, 0.05) is 24.8 Å². The minimum Gasteiger partial charge on any atom is -0.497 e. The van der Waals surface area contributed by atoms with E-state index in [0.717, 1.165) is 0 Å². The molecule has 0 heterocycles. The Bertz CT molecular complexity index is 2010. The Morgan fingerprint density at radius 2 is 1.14 bits per heavy atom. The first-order chi connectivity index (χ1) is 31.4. The highest BCUT2D eigenvalue weighted by atomic mass is 28.4. The summed E-state index contributed by atoms with van der Waals surface area (Å²) < 4.78 is 269. The van der Waals surface area contributed by atoms with Gasteiger partial charge in [0.2, 0.25) is 0 Å². The first kappa shape index (κ1) is 60.6. The molecule has 0 unspecified atom stereocenters. The first-order valence-electron chi connectivity index (χ1n) is 20.5. The number of alkyl halides is 17. The van der Waals surface area contributed by atoms with Gasteiger partial charge in [-0.3, -0.25) is 5.32 Å². The van der Waals surface area contributed by atoms with Gasteiger partial charge in [-0.25, -0.2) is 9.59 Å². The molecule has 0 radical (unpaired) electrons. The number of hydrogen-bond acceptors (Lipinski definition) is 8. The summed E-state index contributed by atoms with van der Waals surface area (Å²) in [4.78, 5) is 25.3. The number of carbonyl (C=O) groups is 2. The molecule has 2 aromatic carbocycles. The third kappa shape index (κ3) is 12.7. The van der Waals surface area contributed by atoms with Crippen molar-refractivity contribution in [3.8, 4) is 11.5 Å². The van der Waals surface area contributed by atoms with Crippen LogP contribution in [0.5, 0.6) is 11.5 Å². The van der Waals surface area contributed by atoms with Gasteiger partial charge in [0.1, 0.15) is 24.2 Å². The molecule has 1 amide bonds. The Kier molecular flexibility index (Phi) is 19.9. The van der Waals surface area contributed by atoms with Crippen LogP contribution < -0.4 is 14.8 Å². The standard InChI is InChI=1S/C42H50F17NO8Si/c1-9-65-33(61)26(6)10-19-31(64-8)32(68-34(62)60-28-13-17-29(63-7)18-14-28)27-11-15-30(16-12-27)66-21-22-67-69(24(2)3,25(4)5)23-20-35(43,44)36(45,46)37(47,48)38(49,50)39(51,52)40(53,54)41(55,56)42(57,58)59/h10-18,24-25,31-32H,9,19-23H2,1-8H3,(H,60,62)/b26-10+/t31-,32-/m1/s1. The number of benzene rings is 2. The van der Waals surface area contributed by atoms with E-state index in [1.165, 1.54) is 91.3 Å². The van der Waals surface area contributed by atoms with Crippen molar-refractivity contribution in [3.63, 3.8) is 0 Å². The number of halogens is 17. The molecule has 2 rings (SSSR count). The second kappa shape index (κ2) is 22.7. The molecule has 0 saturated carbocycles. The molecule has 0 aliphatic heterocycles. The van der Waals surface area contributed by atoms with Crippen LogP contribution in [-0.2, 0) is 23.4 Å². The fraction of sp³-hybridized carbons (Fsp3) is 0.619. The molecule has 0 aromatic heterocycles. The lowest BCUT2D eigenvalue weighted by atomic mass is 9.88. The Morgan fingerprint density at radius 3 is 1.59 bits per heavy atom. The SMILES string of the molecule is CCOC(=O)/C(C)=C/C[C@@H](OC)[C@H](OC(=O)Nc1ccc(OC)cc1)c1ccc(OCCO[Si](CCC(F)(F)C(F)(F)C(F)(F)C(F)(F)C(F)(F)C(F)(F)C(F)(F)C(F)(F)F)(C(C)C)C(C)C)cc1. The molecule has 69 heavy (non-hydrogen) atoms. The zero-order valence-electron chi connectivity index (χ0n) is 37.9. The van der Waals surface area contributed by atoms with Gasteiger partial charge in [0.25, 0.3) is 0 Å². The van der Waals surface area contributed by atoms with Gasteiger partial charge in [-0.05, 0) is 79.4 Å². The Morgan fingerprint density at radius 1 is 0.667 bits per heavy atom. The predicted octanol–water partition coefficient (Wildman–Crippen LogP) is 13.5. The number of anilines is 1. The van der Waals surface area contributed by atoms with Crippen molar-refractivity contribution < 1.29 is 112 Å². The summed E-state index contributed by atoms with van der Waals surface area (Å²) in [5.74, 6) is -56.9. The molecule has 0 aliphatic rings. The van der Waals surface area contributed by atoms with E-state index in [1.807, 2.05) is 0 Å². The van der Waals surface area contributed by atoms with Crippen LogP contribution in [0.4, 0.5) is 85.1 Å². The number of nitrogens with one attached hydrogen (secondary N) is 1. The van der Waals surface area contributed by atoms with E-state index in [-0.39, 0.29) is 24.4 Å². The molecule has 1 N–H and O–H groups in total. The Hall–Kier alpha value is -4.53. The average Bonchev–Trinajstić information content (AvgIpc) is 3.25. The summed E-state index contributed by atoms with van der Waals surface area (Å²) in [5.41, 5.74) is -0.936. The van der Waals surface area contributed by atoms with Gasteiger partial charge in [0.15, 0.2) is 14.4 Å². The van der Waals surface area contributed by atoms with Gasteiger partial charge < -0.3 is 28.1 Å². The van der Waals surface area contributed by atoms with Crippen LogP contribution in [0.3, 0.4) is 0 Å². The lowest BCUT2D eigenvalue weighted by molar-refractivity contribution is -0.461. The lowest BCUT2D eigenvalue weighted by Crippen LogP contribution is -2.74. The van der Waals surface area contributed by atoms with Crippen LogP contribution in [0.2, 0.25) is 17.1 Å². The summed E-state index contributed by atoms with van der Waals surface area (Å²) in [7, 11) is -1.28. The molecule has 2 atom stereocenters. The van der Waals surface area contributed by atoms with E-state index in [2.05, 4.69) is 5.32 Å². The molecule has 27 heteroatoms. The lowest BCUT2D eigenvalue weighted by Gasteiger charge is -2.44. The second-order valence-electron chi connectivity index (χ2n) is 16.0. The van der Waals surface area contributed by atoms with Crippen molar-refractivity contribution in [2.24, 2.45) is 0 Å². The zero-order valence-corrected chi connectivity index (χ0v) is 38.9. The quantitative estimate of drug-likeness (QED) is 0.0327. The molecule has 2 aromatic rings. The summed E-state index contributed by atoms with van der Waals surface area (Å²) in [6.07, 6.45) is -11.9. The number of rotatable bonds is 26. The van der Waals surface area contributed by atoms with Crippen molar-refractivity contribution in [1.29, 1.82) is 0 Å². The van der Waals surface area contributed by atoms with Crippen molar-refractivity contribution in [2.45, 2.75) is 131 Å². The summed E-state index contributed by atoms with van der Waals surface area (Å²) in [5, 5.41) is 2.56. The van der Waals surface area contributed by atoms with Gasteiger partial charge >= 0.3 is 59.7 Å². The van der Waals surface area contributed by atoms with Crippen LogP contribution in [-0.4, -0.2) is 108 Å². The maximum absolute atomic E-state index is 15.1. The Labute approximate surface area is 386 Å². The zero-order chi connectivity index (χ0) is 53.4. The average molecular weight is 1050 g/mol. The molecule has 0 bridgehead atoms. The maximum atomic E-state index is 15.1. The van der Waals surface area contributed by atoms with Crippen molar-refractivity contribution in [3.05, 3.63) is 65.7 Å². The van der Waals surface area contributed by atoms with E-state index in [0.29, 0.717) is 17.0 Å². The fourth-order valence-electron chi connectivity index (χ4n) is 6.76. The number of ether oxygens (including phenoxy) is 5. The van der Waals surface area contributed by atoms with E-state index >= 15 is 8.78 Å². The van der Waals surface area contributed by atoms with E-state index in [1.54, 1.807) is 19.1 Å². The van der Waals surface area contributed by atoms with E-state index in [4.69, 9.17) is 28.1 Å². The number of esters is 1. The van der Waals surface area contributed by atoms with Crippen molar-refractivity contribution in [2.75, 3.05) is 39.4 Å². The topological polar surface area (TPSA) is 102 Å². The van der Waals surface area contributed by atoms with Gasteiger partial charge in [0.05, 0.1) is 20.3 Å². The van der Waals surface area contributed by atoms with Crippen LogP contribution in [0, 0.1) is 0 Å². The second-order valence-corrected chi connectivity index (χ2v) is 21.0. The highest BCUT2D eigenvalue weighted by molar-refractivity contribution is 6.76. The van der Waals surface area contributed by atoms with Gasteiger partial charge in [-0.1, -0.05) is 45.9 Å². The van der Waals surface area contributed by atoms with E-state index in [9.17, 15) is 75.4 Å². The minimum atomic E-state index is -8.71. The van der Waals surface area contributed by atoms with E-state index < -0.39 is 117 Å². The summed E-state index contributed by atoms with van der Waals surface area (Å²) in [6.45, 7) is 7.45. The normalized spacial score (nSPS) is 15.0. The van der Waals surface area contributed by atoms with Crippen molar-refractivity contribution >= 4 is 26.1 Å². The van der Waals surface area contributed by atoms with Crippen molar-refractivity contribution in [1.82, 2.24) is 0 Å². The van der Waals surface area contributed by atoms with Gasteiger partial charge in [-0.2, -0.15) is 74.6 Å². The highest BCUT2D eigenvalue weighted by Gasteiger charge is 2.95. The summed E-state index contributed by atoms with van der Waals surface area (Å²) >= 11 is 0. The van der Waals surface area contributed by atoms with Crippen LogP contribution in [0.15, 0.2) is 60.2 Å². The third-order valence-electron chi connectivity index (χ3n) is 11.0. The number of amides is 1. The molecule has 9 nitrogen and oxygen atoms in total. The maximum Gasteiger partial charge on any atom is 0.460 e. The molecule has 0 spiro atoms. The molecule has 394 valence electrons. The van der Waals surface area contributed by atoms with Gasteiger partial charge in [-0.15, -0.1) is 0 Å². The van der Waals surface area contributed by atoms with Crippen LogP contribution >= 0.6 is 0 Å². The number of carbonyl (C=O) groups excluding carboxylic acids is 2. The molecule has 0 saturated heterocycles. The van der Waals surface area contributed by atoms with Crippen LogP contribution in [0.1, 0.15) is 66.1 Å². The molecule has 0 aliphatic carbocycles. The largest absolute Gasteiger partial charge is 0.497 e. The Balaban J connectivity index is 2.34. The molecular weight excluding hydrogens is 998 g/mol. The summed E-state index contributed by atoms with van der Waals surface area (Å²) in [6, 6.07) is 10.5. The molecular formula is C42H50F17NO8Si. The van der Waals surface area contributed by atoms with Crippen LogP contribution in [0.25, 0.3) is 0 Å². The predicted molar refractivity (Wildman–Crippen MR) is 216 cm³/mol. The smallest absolute Gasteiger partial charge is 0.460 e. The first-order valence-corrected chi connectivity index (χ1v) is 22.7. The fourth-order valence-corrected chi connectivity index (χ4v) is 11.2. The number of methoxy groups -OCH3 is 2. The monoisotopic (exact) mass is 1050 g/mol. The third-order valence-corrected chi connectivity index (χ3v) is 16.6. The highest BCUT2D eigenvalue weighted by Crippen LogP contribution is 2.64. The molecule has 0 fully saturated rings. The minimum absolute atomic E-state index is 0.0226.